The molecule has 0 radical (unpaired) electrons. The summed E-state index contributed by atoms with van der Waals surface area (Å²) in [6.45, 7) is 1.65. The Hall–Kier alpha value is -4.72. The number of aryl methyl sites for hydroxylation is 1. The van der Waals surface area contributed by atoms with Crippen molar-refractivity contribution in [3.05, 3.63) is 115 Å². The fourth-order valence-electron chi connectivity index (χ4n) is 4.80. The van der Waals surface area contributed by atoms with E-state index in [1.54, 1.807) is 6.33 Å². The van der Waals surface area contributed by atoms with Crippen LogP contribution in [0.1, 0.15) is 23.6 Å². The number of hydrogen-bond donors (Lipinski definition) is 0. The van der Waals surface area contributed by atoms with Crippen LogP contribution in [-0.4, -0.2) is 43.0 Å². The topological polar surface area (TPSA) is 82.4 Å². The van der Waals surface area contributed by atoms with Gasteiger partial charge in [-0.05, 0) is 29.7 Å². The lowest BCUT2D eigenvalue weighted by Crippen LogP contribution is -2.61. The molecule has 1 fully saturated rings. The summed E-state index contributed by atoms with van der Waals surface area (Å²) in [7, 11) is 0. The number of carbonyl (C=O) groups excluding carboxylic acids is 1. The highest BCUT2D eigenvalue weighted by atomic mass is 16.5. The molecule has 6 rings (SSSR count). The minimum absolute atomic E-state index is 0.00267. The van der Waals surface area contributed by atoms with Crippen LogP contribution in [0.3, 0.4) is 0 Å². The number of benzene rings is 3. The molecule has 2 atom stereocenters. The standard InChI is InChI=1S/C30H27N5O3/c36-30-27(38-24-15-8-3-9-16-24)26(23-13-6-2-7-14-23)35(30)18-10-17-34-21-33-25-28(34)31-20-32-29(25)37-19-22-11-4-1-5-12-22/h1-9,11-16,20-21,26-27H,10,17-19H2/t26-,27+/m1/s1. The van der Waals surface area contributed by atoms with Crippen molar-refractivity contribution in [3.63, 3.8) is 0 Å². The number of β-lactam (4-membered cyclic amide) rings is 1. The predicted molar refractivity (Wildman–Crippen MR) is 142 cm³/mol. The van der Waals surface area contributed by atoms with Crippen molar-refractivity contribution in [2.45, 2.75) is 31.7 Å². The molecule has 0 bridgehead atoms. The minimum atomic E-state index is -0.536. The lowest BCUT2D eigenvalue weighted by Gasteiger charge is -2.47. The fraction of sp³-hybridized carbons (Fsp3) is 0.200. The zero-order valence-corrected chi connectivity index (χ0v) is 20.8. The second-order valence-corrected chi connectivity index (χ2v) is 9.16. The van der Waals surface area contributed by atoms with E-state index in [0.717, 1.165) is 17.5 Å². The van der Waals surface area contributed by atoms with Crippen molar-refractivity contribution in [2.75, 3.05) is 6.54 Å². The molecule has 1 aliphatic rings. The third-order valence-corrected chi connectivity index (χ3v) is 6.68. The van der Waals surface area contributed by atoms with E-state index < -0.39 is 6.10 Å². The highest BCUT2D eigenvalue weighted by molar-refractivity contribution is 5.89. The largest absolute Gasteiger partial charge is 0.478 e. The fourth-order valence-corrected chi connectivity index (χ4v) is 4.80. The van der Waals surface area contributed by atoms with E-state index in [0.29, 0.717) is 42.5 Å². The van der Waals surface area contributed by atoms with Gasteiger partial charge in [0.2, 0.25) is 12.0 Å². The number of fused-ring (bicyclic) bond motifs is 1. The Morgan fingerprint density at radius 2 is 1.50 bits per heavy atom. The van der Waals surface area contributed by atoms with E-state index in [9.17, 15) is 4.79 Å². The van der Waals surface area contributed by atoms with Crippen molar-refractivity contribution < 1.29 is 14.3 Å². The van der Waals surface area contributed by atoms with Gasteiger partial charge in [-0.15, -0.1) is 0 Å². The Morgan fingerprint density at radius 1 is 0.789 bits per heavy atom. The van der Waals surface area contributed by atoms with Crippen molar-refractivity contribution >= 4 is 17.1 Å². The number of hydrogen-bond acceptors (Lipinski definition) is 6. The molecule has 0 N–H and O–H groups in total. The van der Waals surface area contributed by atoms with Gasteiger partial charge < -0.3 is 18.9 Å². The van der Waals surface area contributed by atoms with Crippen LogP contribution in [0.25, 0.3) is 11.2 Å². The molecule has 8 heteroatoms. The molecule has 0 spiro atoms. The quantitative estimate of drug-likeness (QED) is 0.253. The van der Waals surface area contributed by atoms with E-state index >= 15 is 0 Å². The average Bonchev–Trinajstić information content (AvgIpc) is 3.40. The first-order chi connectivity index (χ1) is 18.8. The maximum Gasteiger partial charge on any atom is 0.266 e. The summed E-state index contributed by atoms with van der Waals surface area (Å²) < 4.78 is 14.0. The predicted octanol–water partition coefficient (Wildman–Crippen LogP) is 4.83. The van der Waals surface area contributed by atoms with Gasteiger partial charge in [0.1, 0.15) is 24.7 Å². The van der Waals surface area contributed by atoms with Gasteiger partial charge in [-0.2, -0.15) is 4.98 Å². The zero-order chi connectivity index (χ0) is 25.7. The van der Waals surface area contributed by atoms with Crippen molar-refractivity contribution in [3.8, 4) is 11.6 Å². The van der Waals surface area contributed by atoms with Gasteiger partial charge in [0.25, 0.3) is 5.91 Å². The summed E-state index contributed by atoms with van der Waals surface area (Å²) in [4.78, 5) is 28.3. The van der Waals surface area contributed by atoms with Crippen molar-refractivity contribution in [1.29, 1.82) is 0 Å². The molecule has 1 aliphatic heterocycles. The average molecular weight is 506 g/mol. The normalized spacial score (nSPS) is 16.8. The Balaban J connectivity index is 1.13. The van der Waals surface area contributed by atoms with Crippen molar-refractivity contribution in [2.24, 2.45) is 0 Å². The highest BCUT2D eigenvalue weighted by Gasteiger charge is 2.49. The van der Waals surface area contributed by atoms with Gasteiger partial charge >= 0.3 is 0 Å². The van der Waals surface area contributed by atoms with Gasteiger partial charge in [0.05, 0.1) is 6.33 Å². The SMILES string of the molecule is O=C1[C@@H](Oc2ccccc2)[C@@H](c2ccccc2)N1CCCn1cnc2c(OCc3ccccc3)ncnc21. The smallest absolute Gasteiger partial charge is 0.266 e. The number of rotatable bonds is 10. The lowest BCUT2D eigenvalue weighted by atomic mass is 9.90. The second-order valence-electron chi connectivity index (χ2n) is 9.16. The lowest BCUT2D eigenvalue weighted by molar-refractivity contribution is -0.164. The van der Waals surface area contributed by atoms with Crippen LogP contribution in [0.15, 0.2) is 104 Å². The third kappa shape index (κ3) is 4.80. The molecule has 8 nitrogen and oxygen atoms in total. The zero-order valence-electron chi connectivity index (χ0n) is 20.8. The first kappa shape index (κ1) is 23.7. The molecule has 0 saturated carbocycles. The molecule has 5 aromatic rings. The minimum Gasteiger partial charge on any atom is -0.478 e. The molecule has 3 aromatic carbocycles. The number of ether oxygens (including phenoxy) is 2. The Kier molecular flexibility index (Phi) is 6.68. The van der Waals surface area contributed by atoms with Crippen LogP contribution in [0, 0.1) is 0 Å². The summed E-state index contributed by atoms with van der Waals surface area (Å²) in [5, 5.41) is 0. The molecule has 1 amide bonds. The molecule has 190 valence electrons. The van der Waals surface area contributed by atoms with E-state index in [2.05, 4.69) is 15.0 Å². The van der Waals surface area contributed by atoms with E-state index in [-0.39, 0.29) is 11.9 Å². The number of imidazole rings is 1. The molecule has 3 heterocycles. The first-order valence-corrected chi connectivity index (χ1v) is 12.7. The van der Waals surface area contributed by atoms with Gasteiger partial charge in [-0.1, -0.05) is 78.9 Å². The monoisotopic (exact) mass is 505 g/mol. The Morgan fingerprint density at radius 3 is 2.26 bits per heavy atom. The molecule has 38 heavy (non-hydrogen) atoms. The summed E-state index contributed by atoms with van der Waals surface area (Å²) in [5.74, 6) is 1.15. The maximum absolute atomic E-state index is 13.1. The van der Waals surface area contributed by atoms with Gasteiger partial charge in [-0.3, -0.25) is 4.79 Å². The van der Waals surface area contributed by atoms with Crippen LogP contribution in [-0.2, 0) is 17.9 Å². The van der Waals surface area contributed by atoms with Crippen LogP contribution < -0.4 is 9.47 Å². The first-order valence-electron chi connectivity index (χ1n) is 12.7. The molecule has 0 unspecified atom stereocenters. The van der Waals surface area contributed by atoms with Crippen LogP contribution in [0.2, 0.25) is 0 Å². The van der Waals surface area contributed by atoms with Crippen molar-refractivity contribution in [1.82, 2.24) is 24.4 Å². The van der Waals surface area contributed by atoms with Gasteiger partial charge in [-0.25, -0.2) is 9.97 Å². The van der Waals surface area contributed by atoms with E-state index in [4.69, 9.17) is 9.47 Å². The van der Waals surface area contributed by atoms with Crippen LogP contribution in [0.4, 0.5) is 0 Å². The summed E-state index contributed by atoms with van der Waals surface area (Å²) in [5.41, 5.74) is 3.46. The highest BCUT2D eigenvalue weighted by Crippen LogP contribution is 2.37. The summed E-state index contributed by atoms with van der Waals surface area (Å²) in [6.07, 6.45) is 3.45. The molecular formula is C30H27N5O3. The maximum atomic E-state index is 13.1. The number of carbonyl (C=O) groups is 1. The molecule has 0 aliphatic carbocycles. The number of nitrogens with zero attached hydrogens (tertiary/aromatic N) is 5. The Bertz CT molecular complexity index is 1510. The number of amides is 1. The summed E-state index contributed by atoms with van der Waals surface area (Å²) >= 11 is 0. The second kappa shape index (κ2) is 10.7. The van der Waals surface area contributed by atoms with E-state index in [1.165, 1.54) is 6.33 Å². The molecule has 1 saturated heterocycles. The van der Waals surface area contributed by atoms with Gasteiger partial charge in [0.15, 0.2) is 11.2 Å². The Labute approximate surface area is 220 Å². The third-order valence-electron chi connectivity index (χ3n) is 6.68. The molecule has 2 aromatic heterocycles. The molecular weight excluding hydrogens is 478 g/mol. The number of likely N-dealkylation sites (tertiary alicyclic amines) is 1. The van der Waals surface area contributed by atoms with Gasteiger partial charge in [0, 0.05) is 13.1 Å². The number of aromatic nitrogens is 4. The number of para-hydroxylation sites is 1. The summed E-state index contributed by atoms with van der Waals surface area (Å²) in [6, 6.07) is 29.3. The van der Waals surface area contributed by atoms with E-state index in [1.807, 2.05) is 100 Å². The van der Waals surface area contributed by atoms with Crippen LogP contribution in [0.5, 0.6) is 11.6 Å². The van der Waals surface area contributed by atoms with Crippen LogP contribution >= 0.6 is 0 Å².